The van der Waals surface area contributed by atoms with Gasteiger partial charge in [-0.1, -0.05) is 56.6 Å². The third-order valence-electron chi connectivity index (χ3n) is 3.64. The lowest BCUT2D eigenvalue weighted by molar-refractivity contribution is 0.352. The quantitative estimate of drug-likeness (QED) is 0.805. The molecule has 0 amide bonds. The van der Waals surface area contributed by atoms with Crippen molar-refractivity contribution in [1.29, 1.82) is 0 Å². The van der Waals surface area contributed by atoms with Gasteiger partial charge in [0.1, 0.15) is 0 Å². The van der Waals surface area contributed by atoms with Crippen LogP contribution in [0.25, 0.3) is 11.4 Å². The minimum absolute atomic E-state index is 0.413. The molecule has 114 valence electrons. The van der Waals surface area contributed by atoms with E-state index in [0.717, 1.165) is 37.8 Å². The van der Waals surface area contributed by atoms with E-state index >= 15 is 0 Å². The molecule has 1 unspecified atom stereocenters. The van der Waals surface area contributed by atoms with Crippen LogP contribution in [0, 0.1) is 0 Å². The average molecular weight is 287 g/mol. The smallest absolute Gasteiger partial charge is 0.228 e. The van der Waals surface area contributed by atoms with Gasteiger partial charge in [-0.25, -0.2) is 0 Å². The number of aryl methyl sites for hydroxylation is 1. The Morgan fingerprint density at radius 3 is 2.52 bits per heavy atom. The van der Waals surface area contributed by atoms with Gasteiger partial charge in [0.25, 0.3) is 0 Å². The molecule has 0 spiro atoms. The minimum Gasteiger partial charge on any atom is -0.339 e. The van der Waals surface area contributed by atoms with E-state index in [4.69, 9.17) is 4.52 Å². The molecule has 1 heterocycles. The summed E-state index contributed by atoms with van der Waals surface area (Å²) in [6.07, 6.45) is 4.11. The molecule has 0 aliphatic heterocycles. The van der Waals surface area contributed by atoms with Crippen molar-refractivity contribution >= 4 is 0 Å². The normalized spacial score (nSPS) is 12.5. The zero-order chi connectivity index (χ0) is 15.1. The molecular formula is C17H25N3O. The molecule has 2 rings (SSSR count). The van der Waals surface area contributed by atoms with E-state index in [2.05, 4.69) is 60.5 Å². The van der Waals surface area contributed by atoms with Gasteiger partial charge in [-0.3, -0.25) is 0 Å². The maximum Gasteiger partial charge on any atom is 0.228 e. The zero-order valence-electron chi connectivity index (χ0n) is 13.2. The third kappa shape index (κ3) is 4.39. The summed E-state index contributed by atoms with van der Waals surface area (Å²) in [5, 5.41) is 7.57. The Hall–Kier alpha value is -1.68. The number of rotatable bonds is 8. The Balaban J connectivity index is 2.05. The van der Waals surface area contributed by atoms with Crippen LogP contribution in [-0.4, -0.2) is 22.7 Å². The van der Waals surface area contributed by atoms with E-state index in [9.17, 15) is 0 Å². The summed E-state index contributed by atoms with van der Waals surface area (Å²) >= 11 is 0. The second kappa shape index (κ2) is 7.93. The third-order valence-corrected chi connectivity index (χ3v) is 3.64. The molecule has 2 aromatic rings. The first kappa shape index (κ1) is 15.7. The maximum atomic E-state index is 5.40. The number of hydrogen-bond acceptors (Lipinski definition) is 4. The topological polar surface area (TPSA) is 51.0 Å². The lowest BCUT2D eigenvalue weighted by Gasteiger charge is -2.14. The van der Waals surface area contributed by atoms with Crippen LogP contribution in [0.4, 0.5) is 0 Å². The van der Waals surface area contributed by atoms with E-state index < -0.39 is 0 Å². The van der Waals surface area contributed by atoms with Gasteiger partial charge in [-0.2, -0.15) is 4.98 Å². The minimum atomic E-state index is 0.413. The van der Waals surface area contributed by atoms with E-state index in [1.54, 1.807) is 0 Å². The van der Waals surface area contributed by atoms with Gasteiger partial charge in [0.2, 0.25) is 11.7 Å². The Labute approximate surface area is 127 Å². The summed E-state index contributed by atoms with van der Waals surface area (Å²) < 4.78 is 5.40. The van der Waals surface area contributed by atoms with Crippen LogP contribution < -0.4 is 5.32 Å². The largest absolute Gasteiger partial charge is 0.339 e. The highest BCUT2D eigenvalue weighted by Crippen LogP contribution is 2.17. The number of nitrogens with one attached hydrogen (secondary N) is 1. The number of aromatic nitrogens is 2. The summed E-state index contributed by atoms with van der Waals surface area (Å²) in [5.41, 5.74) is 2.33. The van der Waals surface area contributed by atoms with E-state index in [0.29, 0.717) is 17.8 Å². The first-order valence-electron chi connectivity index (χ1n) is 7.92. The summed E-state index contributed by atoms with van der Waals surface area (Å²) in [6.45, 7) is 7.43. The van der Waals surface area contributed by atoms with Crippen molar-refractivity contribution in [3.8, 4) is 11.4 Å². The van der Waals surface area contributed by atoms with Crippen LogP contribution >= 0.6 is 0 Å². The van der Waals surface area contributed by atoms with Crippen molar-refractivity contribution in [1.82, 2.24) is 15.5 Å². The average Bonchev–Trinajstić information content (AvgIpc) is 2.96. The van der Waals surface area contributed by atoms with Crippen molar-refractivity contribution in [2.75, 3.05) is 6.54 Å². The Bertz CT molecular complexity index is 527. The molecule has 4 nitrogen and oxygen atoms in total. The van der Waals surface area contributed by atoms with Crippen molar-refractivity contribution in [2.45, 2.75) is 52.5 Å². The van der Waals surface area contributed by atoms with E-state index in [1.807, 2.05) is 0 Å². The monoisotopic (exact) mass is 287 g/mol. The summed E-state index contributed by atoms with van der Waals surface area (Å²) in [4.78, 5) is 4.52. The lowest BCUT2D eigenvalue weighted by Crippen LogP contribution is -2.30. The molecule has 1 aromatic carbocycles. The molecule has 0 aliphatic carbocycles. The molecule has 4 heteroatoms. The SMILES string of the molecule is CCCC(Cc1nc(-c2ccc(CC)cc2)no1)NCC. The van der Waals surface area contributed by atoms with Crippen molar-refractivity contribution in [3.63, 3.8) is 0 Å². The second-order valence-corrected chi connectivity index (χ2v) is 5.31. The van der Waals surface area contributed by atoms with Crippen molar-refractivity contribution in [3.05, 3.63) is 35.7 Å². The van der Waals surface area contributed by atoms with Gasteiger partial charge in [-0.15, -0.1) is 0 Å². The molecule has 0 bridgehead atoms. The molecule has 0 aliphatic rings. The molecule has 0 fully saturated rings. The molecule has 1 aromatic heterocycles. The first-order chi connectivity index (χ1) is 10.3. The summed E-state index contributed by atoms with van der Waals surface area (Å²) in [5.74, 6) is 1.39. The predicted molar refractivity (Wildman–Crippen MR) is 85.2 cm³/mol. The van der Waals surface area contributed by atoms with Gasteiger partial charge in [0.15, 0.2) is 0 Å². The van der Waals surface area contributed by atoms with Gasteiger partial charge < -0.3 is 9.84 Å². The molecule has 1 atom stereocenters. The van der Waals surface area contributed by atoms with Crippen molar-refractivity contribution in [2.24, 2.45) is 0 Å². The lowest BCUT2D eigenvalue weighted by atomic mass is 10.1. The van der Waals surface area contributed by atoms with Gasteiger partial charge in [0.05, 0.1) is 0 Å². The van der Waals surface area contributed by atoms with Crippen LogP contribution in [0.2, 0.25) is 0 Å². The van der Waals surface area contributed by atoms with Gasteiger partial charge in [-0.05, 0) is 24.9 Å². The van der Waals surface area contributed by atoms with Gasteiger partial charge >= 0.3 is 0 Å². The number of likely N-dealkylation sites (N-methyl/N-ethyl adjacent to an activating group) is 1. The first-order valence-corrected chi connectivity index (χ1v) is 7.92. The van der Waals surface area contributed by atoms with Crippen LogP contribution in [-0.2, 0) is 12.8 Å². The summed E-state index contributed by atoms with van der Waals surface area (Å²) in [6, 6.07) is 8.76. The fourth-order valence-electron chi connectivity index (χ4n) is 2.47. The number of benzene rings is 1. The van der Waals surface area contributed by atoms with E-state index in [1.165, 1.54) is 5.56 Å². The fraction of sp³-hybridized carbons (Fsp3) is 0.529. The maximum absolute atomic E-state index is 5.40. The number of hydrogen-bond donors (Lipinski definition) is 1. The highest BCUT2D eigenvalue weighted by atomic mass is 16.5. The molecule has 1 N–H and O–H groups in total. The van der Waals surface area contributed by atoms with Crippen molar-refractivity contribution < 1.29 is 4.52 Å². The Morgan fingerprint density at radius 2 is 1.90 bits per heavy atom. The molecule has 21 heavy (non-hydrogen) atoms. The predicted octanol–water partition coefficient (Wildman–Crippen LogP) is 3.62. The Morgan fingerprint density at radius 1 is 1.14 bits per heavy atom. The highest BCUT2D eigenvalue weighted by molar-refractivity contribution is 5.54. The molecule has 0 saturated heterocycles. The molecule has 0 saturated carbocycles. The zero-order valence-corrected chi connectivity index (χ0v) is 13.2. The summed E-state index contributed by atoms with van der Waals surface area (Å²) in [7, 11) is 0. The van der Waals surface area contributed by atoms with E-state index in [-0.39, 0.29) is 0 Å². The van der Waals surface area contributed by atoms with Crippen LogP contribution in [0.15, 0.2) is 28.8 Å². The molecule has 0 radical (unpaired) electrons. The van der Waals surface area contributed by atoms with Crippen LogP contribution in [0.5, 0.6) is 0 Å². The second-order valence-electron chi connectivity index (χ2n) is 5.31. The molecular weight excluding hydrogens is 262 g/mol. The van der Waals surface area contributed by atoms with Crippen LogP contribution in [0.1, 0.15) is 45.1 Å². The Kier molecular flexibility index (Phi) is 5.93. The van der Waals surface area contributed by atoms with Crippen LogP contribution in [0.3, 0.4) is 0 Å². The standard InChI is InChI=1S/C17H25N3O/c1-4-7-15(18-6-3)12-16-19-17(20-21-16)14-10-8-13(5-2)9-11-14/h8-11,15,18H,4-7,12H2,1-3H3. The fourth-order valence-corrected chi connectivity index (χ4v) is 2.47. The van der Waals surface area contributed by atoms with Gasteiger partial charge in [0, 0.05) is 18.0 Å². The highest BCUT2D eigenvalue weighted by Gasteiger charge is 2.14. The number of nitrogens with zero attached hydrogens (tertiary/aromatic N) is 2.